The van der Waals surface area contributed by atoms with Gasteiger partial charge in [-0.2, -0.15) is 0 Å². The maximum absolute atomic E-state index is 8.94. The minimum absolute atomic E-state index is 0.0799. The molecule has 0 spiro atoms. The van der Waals surface area contributed by atoms with Crippen LogP contribution in [0.4, 0.5) is 0 Å². The van der Waals surface area contributed by atoms with E-state index in [9.17, 15) is 0 Å². The van der Waals surface area contributed by atoms with Gasteiger partial charge in [-0.05, 0) is 38.0 Å². The van der Waals surface area contributed by atoms with E-state index in [1.54, 1.807) is 0 Å². The molecule has 2 nitrogen and oxygen atoms in total. The van der Waals surface area contributed by atoms with Gasteiger partial charge in [0, 0.05) is 22.1 Å². The van der Waals surface area contributed by atoms with Crippen LogP contribution in [0.3, 0.4) is 0 Å². The van der Waals surface area contributed by atoms with E-state index in [4.69, 9.17) is 28.3 Å². The summed E-state index contributed by atoms with van der Waals surface area (Å²) in [5.74, 6) is 0. The van der Waals surface area contributed by atoms with Gasteiger partial charge in [-0.25, -0.2) is 0 Å². The van der Waals surface area contributed by atoms with Gasteiger partial charge in [-0.15, -0.1) is 0 Å². The Labute approximate surface area is 107 Å². The average Bonchev–Trinajstić information content (AvgIpc) is 2.23. The predicted molar refractivity (Wildman–Crippen MR) is 69.3 cm³/mol. The van der Waals surface area contributed by atoms with E-state index in [-0.39, 0.29) is 18.7 Å². The smallest absolute Gasteiger partial charge is 0.0582 e. The van der Waals surface area contributed by atoms with Gasteiger partial charge in [0.15, 0.2) is 0 Å². The van der Waals surface area contributed by atoms with Crippen LogP contribution in [-0.4, -0.2) is 23.8 Å². The zero-order chi connectivity index (χ0) is 12.1. The first-order valence-electron chi connectivity index (χ1n) is 5.34. The van der Waals surface area contributed by atoms with Gasteiger partial charge < -0.3 is 10.4 Å². The molecule has 0 heterocycles. The number of benzene rings is 1. The summed E-state index contributed by atoms with van der Waals surface area (Å²) in [6.07, 6.45) is 0.753. The molecule has 16 heavy (non-hydrogen) atoms. The highest BCUT2D eigenvalue weighted by Crippen LogP contribution is 2.25. The summed E-state index contributed by atoms with van der Waals surface area (Å²) in [6, 6.07) is 5.81. The second-order valence-electron chi connectivity index (χ2n) is 4.06. The van der Waals surface area contributed by atoms with Crippen molar-refractivity contribution in [3.05, 3.63) is 33.8 Å². The second kappa shape index (κ2) is 6.45. The number of hydrogen-bond donors (Lipinski definition) is 2. The van der Waals surface area contributed by atoms with Crippen LogP contribution in [-0.2, 0) is 6.42 Å². The third-order valence-corrected chi connectivity index (χ3v) is 3.12. The Balaban J connectivity index is 2.66. The summed E-state index contributed by atoms with van der Waals surface area (Å²) >= 11 is 12.2. The normalized spacial score (nSPS) is 14.8. The van der Waals surface area contributed by atoms with Crippen LogP contribution in [0.2, 0.25) is 10.0 Å². The van der Waals surface area contributed by atoms with E-state index in [0.717, 1.165) is 12.0 Å². The highest BCUT2D eigenvalue weighted by molar-refractivity contribution is 6.35. The lowest BCUT2D eigenvalue weighted by molar-refractivity contribution is 0.242. The first-order valence-corrected chi connectivity index (χ1v) is 6.10. The number of rotatable bonds is 5. The van der Waals surface area contributed by atoms with Gasteiger partial charge in [0.05, 0.1) is 6.61 Å². The lowest BCUT2D eigenvalue weighted by Crippen LogP contribution is -2.38. The highest BCUT2D eigenvalue weighted by atomic mass is 35.5. The molecule has 2 N–H and O–H groups in total. The Bertz CT molecular complexity index is 324. The molecule has 2 atom stereocenters. The van der Waals surface area contributed by atoms with Gasteiger partial charge in [-0.1, -0.05) is 29.3 Å². The number of hydrogen-bond acceptors (Lipinski definition) is 2. The maximum Gasteiger partial charge on any atom is 0.0582 e. The van der Waals surface area contributed by atoms with Gasteiger partial charge in [-0.3, -0.25) is 0 Å². The van der Waals surface area contributed by atoms with Crippen LogP contribution in [0.5, 0.6) is 0 Å². The highest BCUT2D eigenvalue weighted by Gasteiger charge is 2.11. The van der Waals surface area contributed by atoms with Crippen LogP contribution in [0.25, 0.3) is 0 Å². The predicted octanol–water partition coefficient (Wildman–Crippen LogP) is 2.89. The number of halogens is 2. The minimum Gasteiger partial charge on any atom is -0.395 e. The second-order valence-corrected chi connectivity index (χ2v) is 4.87. The van der Waals surface area contributed by atoms with Crippen molar-refractivity contribution in [2.24, 2.45) is 0 Å². The molecule has 0 aromatic heterocycles. The molecule has 0 amide bonds. The molecule has 90 valence electrons. The fraction of sp³-hybridized carbons (Fsp3) is 0.500. The van der Waals surface area contributed by atoms with Gasteiger partial charge in [0.25, 0.3) is 0 Å². The van der Waals surface area contributed by atoms with Gasteiger partial charge in [0.2, 0.25) is 0 Å². The first-order chi connectivity index (χ1) is 7.54. The molecule has 0 saturated heterocycles. The van der Waals surface area contributed by atoms with Crippen molar-refractivity contribution >= 4 is 23.2 Å². The van der Waals surface area contributed by atoms with Crippen LogP contribution >= 0.6 is 23.2 Å². The maximum atomic E-state index is 8.94. The monoisotopic (exact) mass is 261 g/mol. The lowest BCUT2D eigenvalue weighted by Gasteiger charge is -2.19. The van der Waals surface area contributed by atoms with E-state index in [1.807, 2.05) is 32.0 Å². The molecule has 1 aromatic rings. The van der Waals surface area contributed by atoms with Crippen molar-refractivity contribution in [3.63, 3.8) is 0 Å². The Morgan fingerprint density at radius 2 is 1.75 bits per heavy atom. The Kier molecular flexibility index (Phi) is 5.56. The summed E-state index contributed by atoms with van der Waals surface area (Å²) in [5.41, 5.74) is 0.955. The Morgan fingerprint density at radius 3 is 2.25 bits per heavy atom. The molecule has 0 fully saturated rings. The topological polar surface area (TPSA) is 32.3 Å². The molecule has 0 saturated carbocycles. The van der Waals surface area contributed by atoms with E-state index >= 15 is 0 Å². The lowest BCUT2D eigenvalue weighted by atomic mass is 10.1. The van der Waals surface area contributed by atoms with Crippen LogP contribution in [0.1, 0.15) is 19.4 Å². The quantitative estimate of drug-likeness (QED) is 0.855. The molecule has 4 heteroatoms. The Hall–Kier alpha value is -0.280. The van der Waals surface area contributed by atoms with E-state index in [2.05, 4.69) is 5.32 Å². The molecule has 2 unspecified atom stereocenters. The standard InChI is InChI=1S/C12H17Cl2NO/c1-8(15-9(2)7-16)6-10-11(13)4-3-5-12(10)14/h3-5,8-9,15-16H,6-7H2,1-2H3. The zero-order valence-electron chi connectivity index (χ0n) is 9.50. The number of nitrogens with one attached hydrogen (secondary N) is 1. The summed E-state index contributed by atoms with van der Waals surface area (Å²) < 4.78 is 0. The fourth-order valence-corrected chi connectivity index (χ4v) is 2.18. The molecule has 0 bridgehead atoms. The van der Waals surface area contributed by atoms with Crippen LogP contribution in [0, 0.1) is 0 Å². The van der Waals surface area contributed by atoms with Crippen molar-refractivity contribution in [2.75, 3.05) is 6.61 Å². The minimum atomic E-state index is 0.0799. The van der Waals surface area contributed by atoms with Crippen molar-refractivity contribution < 1.29 is 5.11 Å². The SMILES string of the molecule is CC(CO)NC(C)Cc1c(Cl)cccc1Cl. The van der Waals surface area contributed by atoms with Crippen molar-refractivity contribution in [3.8, 4) is 0 Å². The number of aliphatic hydroxyl groups excluding tert-OH is 1. The molecular weight excluding hydrogens is 245 g/mol. The van der Waals surface area contributed by atoms with Crippen molar-refractivity contribution in [1.82, 2.24) is 5.32 Å². The summed E-state index contributed by atoms with van der Waals surface area (Å²) in [6.45, 7) is 4.11. The molecule has 0 aliphatic carbocycles. The van der Waals surface area contributed by atoms with Gasteiger partial charge >= 0.3 is 0 Å². The van der Waals surface area contributed by atoms with Crippen LogP contribution < -0.4 is 5.32 Å². The molecule has 0 radical (unpaired) electrons. The van der Waals surface area contributed by atoms with Crippen molar-refractivity contribution in [1.29, 1.82) is 0 Å². The van der Waals surface area contributed by atoms with Crippen molar-refractivity contribution in [2.45, 2.75) is 32.4 Å². The van der Waals surface area contributed by atoms with E-state index in [1.165, 1.54) is 0 Å². The fourth-order valence-electron chi connectivity index (χ4n) is 1.63. The Morgan fingerprint density at radius 1 is 1.19 bits per heavy atom. The third-order valence-electron chi connectivity index (χ3n) is 2.41. The largest absolute Gasteiger partial charge is 0.395 e. The van der Waals surface area contributed by atoms with Gasteiger partial charge in [0.1, 0.15) is 0 Å². The first kappa shape index (κ1) is 13.8. The van der Waals surface area contributed by atoms with E-state index in [0.29, 0.717) is 10.0 Å². The molecule has 0 aliphatic rings. The summed E-state index contributed by atoms with van der Waals surface area (Å²) in [5, 5.41) is 13.6. The zero-order valence-corrected chi connectivity index (χ0v) is 11.0. The third kappa shape index (κ3) is 3.95. The summed E-state index contributed by atoms with van der Waals surface area (Å²) in [4.78, 5) is 0. The molecule has 1 rings (SSSR count). The molecule has 1 aromatic carbocycles. The van der Waals surface area contributed by atoms with Crippen LogP contribution in [0.15, 0.2) is 18.2 Å². The number of aliphatic hydroxyl groups is 1. The average molecular weight is 262 g/mol. The molecular formula is C12H17Cl2NO. The summed E-state index contributed by atoms with van der Waals surface area (Å²) in [7, 11) is 0. The van der Waals surface area contributed by atoms with E-state index < -0.39 is 0 Å². The molecule has 0 aliphatic heterocycles.